The van der Waals surface area contributed by atoms with Gasteiger partial charge in [0.1, 0.15) is 11.6 Å². The number of rotatable bonds is 3. The second-order valence-corrected chi connectivity index (χ2v) is 3.78. The number of hydrogen-bond donors (Lipinski definition) is 0. The summed E-state index contributed by atoms with van der Waals surface area (Å²) >= 11 is 0. The first-order chi connectivity index (χ1) is 8.81. The monoisotopic (exact) mass is 233 g/mol. The lowest BCUT2D eigenvalue weighted by atomic mass is 10.0. The van der Waals surface area contributed by atoms with Crippen LogP contribution in [0.5, 0.6) is 0 Å². The van der Waals surface area contributed by atoms with Gasteiger partial charge in [-0.05, 0) is 11.6 Å². The van der Waals surface area contributed by atoms with Crippen LogP contribution in [0.25, 0.3) is 6.08 Å². The quantitative estimate of drug-likeness (QED) is 0.462. The summed E-state index contributed by atoms with van der Waals surface area (Å²) in [4.78, 5) is 12.1. The molecular formula is C16H11NO. The Hall–Kier alpha value is -2.66. The second kappa shape index (κ2) is 5.60. The Kier molecular flexibility index (Phi) is 3.68. The summed E-state index contributed by atoms with van der Waals surface area (Å²) in [6.45, 7) is 0. The Labute approximate surface area is 106 Å². The lowest BCUT2D eigenvalue weighted by molar-refractivity contribution is 0.104. The van der Waals surface area contributed by atoms with Crippen LogP contribution >= 0.6 is 0 Å². The van der Waals surface area contributed by atoms with Gasteiger partial charge in [-0.3, -0.25) is 4.79 Å². The molecule has 2 aromatic rings. The van der Waals surface area contributed by atoms with Gasteiger partial charge in [0.25, 0.3) is 0 Å². The highest BCUT2D eigenvalue weighted by atomic mass is 16.1. The van der Waals surface area contributed by atoms with Crippen LogP contribution in [0.3, 0.4) is 0 Å². The Morgan fingerprint density at radius 2 is 1.50 bits per heavy atom. The van der Waals surface area contributed by atoms with Gasteiger partial charge >= 0.3 is 0 Å². The van der Waals surface area contributed by atoms with Crippen molar-refractivity contribution >= 4 is 11.9 Å². The average Bonchev–Trinajstić information content (AvgIpc) is 2.46. The summed E-state index contributed by atoms with van der Waals surface area (Å²) in [6, 6.07) is 20.1. The maximum Gasteiger partial charge on any atom is 0.203 e. The number of nitriles is 1. The van der Waals surface area contributed by atoms with Crippen LogP contribution in [-0.2, 0) is 0 Å². The van der Waals surface area contributed by atoms with Gasteiger partial charge in [-0.1, -0.05) is 60.7 Å². The maximum atomic E-state index is 12.1. The van der Waals surface area contributed by atoms with Crippen LogP contribution < -0.4 is 0 Å². The maximum absolute atomic E-state index is 12.1. The molecule has 0 fully saturated rings. The highest BCUT2D eigenvalue weighted by molar-refractivity contribution is 6.13. The van der Waals surface area contributed by atoms with Crippen molar-refractivity contribution < 1.29 is 4.79 Å². The molecule has 0 radical (unpaired) electrons. The van der Waals surface area contributed by atoms with E-state index < -0.39 is 0 Å². The molecule has 86 valence electrons. The minimum absolute atomic E-state index is 0.146. The van der Waals surface area contributed by atoms with Crippen molar-refractivity contribution in [3.8, 4) is 6.07 Å². The van der Waals surface area contributed by atoms with Crippen LogP contribution in [0.15, 0.2) is 66.2 Å². The van der Waals surface area contributed by atoms with E-state index in [1.165, 1.54) is 0 Å². The molecule has 0 unspecified atom stereocenters. The van der Waals surface area contributed by atoms with Crippen LogP contribution in [0.4, 0.5) is 0 Å². The summed E-state index contributed by atoms with van der Waals surface area (Å²) in [5.74, 6) is -0.248. The van der Waals surface area contributed by atoms with E-state index in [0.29, 0.717) is 5.56 Å². The zero-order valence-electron chi connectivity index (χ0n) is 9.71. The fraction of sp³-hybridized carbons (Fsp3) is 0. The fourth-order valence-electron chi connectivity index (χ4n) is 1.61. The molecular weight excluding hydrogens is 222 g/mol. The number of carbonyl (C=O) groups is 1. The summed E-state index contributed by atoms with van der Waals surface area (Å²) in [5.41, 5.74) is 1.52. The number of Topliss-reactive ketones (excluding diaryl/α,β-unsaturated/α-hetero) is 1. The predicted molar refractivity (Wildman–Crippen MR) is 70.8 cm³/mol. The molecule has 0 saturated heterocycles. The third-order valence-electron chi connectivity index (χ3n) is 2.51. The van der Waals surface area contributed by atoms with Crippen LogP contribution in [0, 0.1) is 11.3 Å². The molecule has 0 aliphatic rings. The van der Waals surface area contributed by atoms with Crippen molar-refractivity contribution in [2.24, 2.45) is 0 Å². The molecule has 0 spiro atoms. The van der Waals surface area contributed by atoms with E-state index >= 15 is 0 Å². The lowest BCUT2D eigenvalue weighted by Crippen LogP contribution is -2.01. The normalized spacial score (nSPS) is 10.7. The zero-order valence-corrected chi connectivity index (χ0v) is 9.71. The van der Waals surface area contributed by atoms with Gasteiger partial charge in [0.2, 0.25) is 5.78 Å². The van der Waals surface area contributed by atoms with Gasteiger partial charge in [-0.15, -0.1) is 0 Å². The standard InChI is InChI=1S/C16H11NO/c17-12-15(11-13-7-3-1-4-8-13)16(18)14-9-5-2-6-10-14/h1-11H/b15-11-. The minimum Gasteiger partial charge on any atom is -0.288 e. The van der Waals surface area contributed by atoms with E-state index in [1.54, 1.807) is 30.3 Å². The SMILES string of the molecule is N#C/C(=C/c1ccccc1)C(=O)c1ccccc1. The highest BCUT2D eigenvalue weighted by Gasteiger charge is 2.10. The molecule has 0 saturated carbocycles. The Morgan fingerprint density at radius 3 is 2.06 bits per heavy atom. The van der Waals surface area contributed by atoms with Gasteiger partial charge in [0.05, 0.1) is 0 Å². The Morgan fingerprint density at radius 1 is 0.944 bits per heavy atom. The molecule has 2 nitrogen and oxygen atoms in total. The van der Waals surface area contributed by atoms with E-state index in [4.69, 9.17) is 5.26 Å². The highest BCUT2D eigenvalue weighted by Crippen LogP contribution is 2.12. The molecule has 2 rings (SSSR count). The van der Waals surface area contributed by atoms with Gasteiger partial charge < -0.3 is 0 Å². The molecule has 0 bridgehead atoms. The van der Waals surface area contributed by atoms with Crippen molar-refractivity contribution in [1.82, 2.24) is 0 Å². The molecule has 18 heavy (non-hydrogen) atoms. The molecule has 0 N–H and O–H groups in total. The first-order valence-electron chi connectivity index (χ1n) is 5.58. The summed E-state index contributed by atoms with van der Waals surface area (Å²) < 4.78 is 0. The number of carbonyl (C=O) groups excluding carboxylic acids is 1. The van der Waals surface area contributed by atoms with Gasteiger partial charge in [0, 0.05) is 5.56 Å². The number of allylic oxidation sites excluding steroid dienone is 1. The van der Waals surface area contributed by atoms with Gasteiger partial charge in [0.15, 0.2) is 0 Å². The molecule has 0 aliphatic heterocycles. The van der Waals surface area contributed by atoms with Crippen molar-refractivity contribution in [1.29, 1.82) is 5.26 Å². The van der Waals surface area contributed by atoms with Crippen molar-refractivity contribution in [2.45, 2.75) is 0 Å². The first kappa shape index (κ1) is 11.8. The Balaban J connectivity index is 2.34. The summed E-state index contributed by atoms with van der Waals surface area (Å²) in [5, 5.41) is 9.08. The van der Waals surface area contributed by atoms with Crippen LogP contribution in [-0.4, -0.2) is 5.78 Å². The number of hydrogen-bond acceptors (Lipinski definition) is 2. The van der Waals surface area contributed by atoms with E-state index in [1.807, 2.05) is 42.5 Å². The summed E-state index contributed by atoms with van der Waals surface area (Å²) in [6.07, 6.45) is 1.61. The van der Waals surface area contributed by atoms with E-state index in [-0.39, 0.29) is 11.4 Å². The molecule has 0 amide bonds. The van der Waals surface area contributed by atoms with Crippen molar-refractivity contribution in [3.63, 3.8) is 0 Å². The average molecular weight is 233 g/mol. The smallest absolute Gasteiger partial charge is 0.203 e. The molecule has 2 heteroatoms. The van der Waals surface area contributed by atoms with Crippen molar-refractivity contribution in [2.75, 3.05) is 0 Å². The summed E-state index contributed by atoms with van der Waals surface area (Å²) in [7, 11) is 0. The Bertz CT molecular complexity index is 607. The first-order valence-corrected chi connectivity index (χ1v) is 5.58. The van der Waals surface area contributed by atoms with Crippen molar-refractivity contribution in [3.05, 3.63) is 77.4 Å². The number of benzene rings is 2. The van der Waals surface area contributed by atoms with E-state index in [0.717, 1.165) is 5.56 Å². The lowest BCUT2D eigenvalue weighted by Gasteiger charge is -1.99. The largest absolute Gasteiger partial charge is 0.288 e. The third-order valence-corrected chi connectivity index (χ3v) is 2.51. The van der Waals surface area contributed by atoms with E-state index in [9.17, 15) is 4.79 Å². The minimum atomic E-state index is -0.248. The van der Waals surface area contributed by atoms with E-state index in [2.05, 4.69) is 0 Å². The molecule has 0 heterocycles. The number of ketones is 1. The topological polar surface area (TPSA) is 40.9 Å². The molecule has 0 aromatic heterocycles. The number of nitrogens with zero attached hydrogens (tertiary/aromatic N) is 1. The molecule has 0 atom stereocenters. The van der Waals surface area contributed by atoms with Gasteiger partial charge in [-0.25, -0.2) is 0 Å². The predicted octanol–water partition coefficient (Wildman–Crippen LogP) is 3.48. The van der Waals surface area contributed by atoms with Crippen LogP contribution in [0.1, 0.15) is 15.9 Å². The molecule has 2 aromatic carbocycles. The second-order valence-electron chi connectivity index (χ2n) is 3.78. The zero-order chi connectivity index (χ0) is 12.8. The molecule has 0 aliphatic carbocycles. The third kappa shape index (κ3) is 2.72. The van der Waals surface area contributed by atoms with Crippen LogP contribution in [0.2, 0.25) is 0 Å². The van der Waals surface area contributed by atoms with Gasteiger partial charge in [-0.2, -0.15) is 5.26 Å². The fourth-order valence-corrected chi connectivity index (χ4v) is 1.61.